The normalized spacial score (nSPS) is 10.4. The fourth-order valence-electron chi connectivity index (χ4n) is 1.17. The lowest BCUT2D eigenvalue weighted by molar-refractivity contribution is 0.596. The van der Waals surface area contributed by atoms with E-state index in [1.807, 2.05) is 5.38 Å². The van der Waals surface area contributed by atoms with Gasteiger partial charge < -0.3 is 5.32 Å². The van der Waals surface area contributed by atoms with Gasteiger partial charge in [-0.3, -0.25) is 0 Å². The van der Waals surface area contributed by atoms with E-state index >= 15 is 0 Å². The summed E-state index contributed by atoms with van der Waals surface area (Å²) in [5, 5.41) is 5.45. The van der Waals surface area contributed by atoms with E-state index in [0.29, 0.717) is 6.54 Å². The lowest BCUT2D eigenvalue weighted by atomic mass is 10.3. The third-order valence-corrected chi connectivity index (χ3v) is 3.31. The maximum Gasteiger partial charge on any atom is 0.147 e. The molecule has 0 aliphatic heterocycles. The van der Waals surface area contributed by atoms with Crippen LogP contribution in [-0.2, 0) is 6.54 Å². The molecule has 0 amide bonds. The number of rotatable bonds is 3. The van der Waals surface area contributed by atoms with Crippen molar-refractivity contribution in [3.63, 3.8) is 0 Å². The van der Waals surface area contributed by atoms with Crippen molar-refractivity contribution in [3.05, 3.63) is 44.8 Å². The van der Waals surface area contributed by atoms with Crippen LogP contribution >= 0.6 is 27.3 Å². The first kappa shape index (κ1) is 11.5. The van der Waals surface area contributed by atoms with E-state index in [-0.39, 0.29) is 10.2 Å². The largest absolute Gasteiger partial charge is 0.376 e. The number of hydrogen-bond donors (Lipinski definition) is 1. The fourth-order valence-corrected chi connectivity index (χ4v) is 2.04. The van der Waals surface area contributed by atoms with Gasteiger partial charge in [0.2, 0.25) is 0 Å². The standard InChI is InChI=1S/C10H7BrF2N2S/c11-6-3-8(13)9(4-7(6)12)15-5-10-14-1-2-16-10/h1-4,15H,5H2. The van der Waals surface area contributed by atoms with E-state index in [2.05, 4.69) is 26.2 Å². The number of nitrogens with one attached hydrogen (secondary N) is 1. The number of hydrogen-bond acceptors (Lipinski definition) is 3. The number of anilines is 1. The summed E-state index contributed by atoms with van der Waals surface area (Å²) in [7, 11) is 0. The third-order valence-electron chi connectivity index (χ3n) is 1.92. The molecule has 0 spiro atoms. The first-order chi connectivity index (χ1) is 7.66. The Morgan fingerprint density at radius 3 is 2.81 bits per heavy atom. The summed E-state index contributed by atoms with van der Waals surface area (Å²) in [6.07, 6.45) is 1.67. The molecule has 0 radical (unpaired) electrons. The predicted octanol–water partition coefficient (Wildman–Crippen LogP) is 3.80. The molecule has 1 aromatic heterocycles. The van der Waals surface area contributed by atoms with Crippen LogP contribution in [0.1, 0.15) is 5.01 Å². The summed E-state index contributed by atoms with van der Waals surface area (Å²) < 4.78 is 26.7. The van der Waals surface area contributed by atoms with E-state index in [1.54, 1.807) is 6.20 Å². The summed E-state index contributed by atoms with van der Waals surface area (Å²) in [4.78, 5) is 4.03. The summed E-state index contributed by atoms with van der Waals surface area (Å²) in [5.41, 5.74) is 0.135. The topological polar surface area (TPSA) is 24.9 Å². The molecule has 0 aliphatic rings. The Labute approximate surface area is 103 Å². The van der Waals surface area contributed by atoms with Gasteiger partial charge in [0, 0.05) is 17.6 Å². The van der Waals surface area contributed by atoms with Crippen LogP contribution in [0.4, 0.5) is 14.5 Å². The van der Waals surface area contributed by atoms with Crippen molar-refractivity contribution in [1.29, 1.82) is 0 Å². The second-order valence-corrected chi connectivity index (χ2v) is 4.86. The Morgan fingerprint density at radius 1 is 1.31 bits per heavy atom. The molecule has 0 unspecified atom stereocenters. The Balaban J connectivity index is 2.12. The van der Waals surface area contributed by atoms with Crippen molar-refractivity contribution < 1.29 is 8.78 Å². The van der Waals surface area contributed by atoms with Gasteiger partial charge >= 0.3 is 0 Å². The average Bonchev–Trinajstić information content (AvgIpc) is 2.74. The molecule has 0 bridgehead atoms. The molecule has 2 aromatic rings. The number of nitrogens with zero attached hydrogens (tertiary/aromatic N) is 1. The van der Waals surface area contributed by atoms with E-state index in [9.17, 15) is 8.78 Å². The number of halogens is 3. The zero-order valence-electron chi connectivity index (χ0n) is 8.01. The van der Waals surface area contributed by atoms with E-state index in [0.717, 1.165) is 17.1 Å². The minimum atomic E-state index is -0.497. The molecule has 2 rings (SSSR count). The highest BCUT2D eigenvalue weighted by Crippen LogP contribution is 2.23. The SMILES string of the molecule is Fc1cc(NCc2nccs2)c(F)cc1Br. The van der Waals surface area contributed by atoms with Crippen LogP contribution in [0.25, 0.3) is 0 Å². The van der Waals surface area contributed by atoms with Gasteiger partial charge in [-0.2, -0.15) is 0 Å². The lowest BCUT2D eigenvalue weighted by Crippen LogP contribution is -2.01. The number of benzene rings is 1. The molecule has 0 atom stereocenters. The highest BCUT2D eigenvalue weighted by atomic mass is 79.9. The first-order valence-electron chi connectivity index (χ1n) is 4.43. The van der Waals surface area contributed by atoms with E-state index in [4.69, 9.17) is 0 Å². The van der Waals surface area contributed by atoms with Crippen LogP contribution in [0.15, 0.2) is 28.2 Å². The molecule has 0 fully saturated rings. The van der Waals surface area contributed by atoms with Gasteiger partial charge in [-0.25, -0.2) is 13.8 Å². The van der Waals surface area contributed by atoms with Gasteiger partial charge in [0.25, 0.3) is 0 Å². The molecule has 6 heteroatoms. The van der Waals surface area contributed by atoms with Gasteiger partial charge in [0.15, 0.2) is 0 Å². The van der Waals surface area contributed by atoms with Crippen LogP contribution in [0, 0.1) is 11.6 Å². The van der Waals surface area contributed by atoms with Gasteiger partial charge in [-0.15, -0.1) is 11.3 Å². The van der Waals surface area contributed by atoms with E-state index in [1.165, 1.54) is 11.3 Å². The van der Waals surface area contributed by atoms with Crippen molar-refractivity contribution in [2.75, 3.05) is 5.32 Å². The van der Waals surface area contributed by atoms with Crippen molar-refractivity contribution in [1.82, 2.24) is 4.98 Å². The highest BCUT2D eigenvalue weighted by molar-refractivity contribution is 9.10. The molecule has 1 heterocycles. The second kappa shape index (κ2) is 4.88. The molecular weight excluding hydrogens is 298 g/mol. The lowest BCUT2D eigenvalue weighted by Gasteiger charge is -2.06. The van der Waals surface area contributed by atoms with Crippen LogP contribution < -0.4 is 5.32 Å². The maximum absolute atomic E-state index is 13.4. The van der Waals surface area contributed by atoms with Crippen molar-refractivity contribution in [2.45, 2.75) is 6.54 Å². The van der Waals surface area contributed by atoms with Gasteiger partial charge in [0.1, 0.15) is 16.6 Å². The Morgan fingerprint density at radius 2 is 2.12 bits per heavy atom. The van der Waals surface area contributed by atoms with Crippen LogP contribution in [-0.4, -0.2) is 4.98 Å². The second-order valence-electron chi connectivity index (χ2n) is 3.03. The molecule has 0 saturated carbocycles. The summed E-state index contributed by atoms with van der Waals surface area (Å²) in [6, 6.07) is 2.21. The van der Waals surface area contributed by atoms with Gasteiger partial charge in [-0.05, 0) is 22.0 Å². The smallest absolute Gasteiger partial charge is 0.147 e. The Hall–Kier alpha value is -1.01. The summed E-state index contributed by atoms with van der Waals surface area (Å²) >= 11 is 4.37. The molecule has 84 valence electrons. The molecule has 0 saturated heterocycles. The van der Waals surface area contributed by atoms with Crippen molar-refractivity contribution in [2.24, 2.45) is 0 Å². The summed E-state index contributed by atoms with van der Waals surface area (Å²) in [5.74, 6) is -0.993. The van der Waals surface area contributed by atoms with Gasteiger partial charge in [0.05, 0.1) is 16.7 Å². The fraction of sp³-hybridized carbons (Fsp3) is 0.100. The molecule has 1 N–H and O–H groups in total. The van der Waals surface area contributed by atoms with Crippen LogP contribution in [0.5, 0.6) is 0 Å². The Kier molecular flexibility index (Phi) is 3.50. The number of aromatic nitrogens is 1. The Bertz CT molecular complexity index is 488. The molecule has 16 heavy (non-hydrogen) atoms. The summed E-state index contributed by atoms with van der Waals surface area (Å²) in [6.45, 7) is 0.385. The highest BCUT2D eigenvalue weighted by Gasteiger charge is 2.08. The molecule has 1 aromatic carbocycles. The molecule has 2 nitrogen and oxygen atoms in total. The van der Waals surface area contributed by atoms with Crippen molar-refractivity contribution >= 4 is 33.0 Å². The first-order valence-corrected chi connectivity index (χ1v) is 6.11. The number of thiazole rings is 1. The van der Waals surface area contributed by atoms with Gasteiger partial charge in [-0.1, -0.05) is 0 Å². The molecular formula is C10H7BrF2N2S. The zero-order chi connectivity index (χ0) is 11.5. The minimum Gasteiger partial charge on any atom is -0.376 e. The zero-order valence-corrected chi connectivity index (χ0v) is 10.4. The van der Waals surface area contributed by atoms with E-state index < -0.39 is 11.6 Å². The van der Waals surface area contributed by atoms with Crippen LogP contribution in [0.3, 0.4) is 0 Å². The third kappa shape index (κ3) is 2.56. The predicted molar refractivity (Wildman–Crippen MR) is 63.5 cm³/mol. The average molecular weight is 305 g/mol. The molecule has 0 aliphatic carbocycles. The quantitative estimate of drug-likeness (QED) is 0.873. The van der Waals surface area contributed by atoms with Crippen molar-refractivity contribution in [3.8, 4) is 0 Å². The van der Waals surface area contributed by atoms with Crippen LogP contribution in [0.2, 0.25) is 0 Å². The maximum atomic E-state index is 13.4. The minimum absolute atomic E-state index is 0.116. The monoisotopic (exact) mass is 304 g/mol.